The molecule has 0 aliphatic heterocycles. The predicted octanol–water partition coefficient (Wildman–Crippen LogP) is 3.97. The van der Waals surface area contributed by atoms with Gasteiger partial charge in [0.25, 0.3) is 0 Å². The number of hydrogen-bond acceptors (Lipinski definition) is 3. The van der Waals surface area contributed by atoms with E-state index in [0.717, 1.165) is 5.56 Å². The third-order valence-electron chi connectivity index (χ3n) is 3.94. The molecule has 2 amide bonds. The van der Waals surface area contributed by atoms with Gasteiger partial charge in [-0.1, -0.05) is 49.4 Å². The van der Waals surface area contributed by atoms with Crippen molar-refractivity contribution in [2.24, 2.45) is 5.92 Å². The van der Waals surface area contributed by atoms with Gasteiger partial charge in [0, 0.05) is 13.2 Å². The minimum Gasteiger partial charge on any atom is -0.484 e. The van der Waals surface area contributed by atoms with Crippen molar-refractivity contribution in [1.29, 1.82) is 0 Å². The lowest BCUT2D eigenvalue weighted by Crippen LogP contribution is -2.32. The molecule has 0 aliphatic rings. The molecule has 2 atom stereocenters. The first-order valence-electron chi connectivity index (χ1n) is 8.56. The Morgan fingerprint density at radius 2 is 1.76 bits per heavy atom. The van der Waals surface area contributed by atoms with Crippen LogP contribution in [-0.2, 0) is 0 Å². The molecule has 0 fully saturated rings. The molecule has 0 saturated heterocycles. The Hall–Kier alpha value is -2.53. The quantitative estimate of drug-likeness (QED) is 0.680. The lowest BCUT2D eigenvalue weighted by atomic mass is 10.1. The predicted molar refractivity (Wildman–Crippen MR) is 99.8 cm³/mol. The Morgan fingerprint density at radius 1 is 1.08 bits per heavy atom. The second-order valence-electron chi connectivity index (χ2n) is 6.12. The van der Waals surface area contributed by atoms with Crippen LogP contribution in [0.4, 0.5) is 10.5 Å². The third-order valence-corrected chi connectivity index (χ3v) is 3.94. The van der Waals surface area contributed by atoms with Crippen LogP contribution in [0.25, 0.3) is 0 Å². The Labute approximate surface area is 149 Å². The zero-order valence-corrected chi connectivity index (χ0v) is 14.7. The van der Waals surface area contributed by atoms with Gasteiger partial charge in [0.05, 0.1) is 5.69 Å². The molecule has 0 aromatic heterocycles. The molecule has 2 aromatic rings. The smallest absolute Gasteiger partial charge is 0.319 e. The van der Waals surface area contributed by atoms with Crippen molar-refractivity contribution in [3.8, 4) is 5.75 Å². The van der Waals surface area contributed by atoms with Gasteiger partial charge in [0.1, 0.15) is 11.9 Å². The summed E-state index contributed by atoms with van der Waals surface area (Å²) in [6.45, 7) is 4.59. The van der Waals surface area contributed by atoms with E-state index in [1.165, 1.54) is 0 Å². The largest absolute Gasteiger partial charge is 0.484 e. The summed E-state index contributed by atoms with van der Waals surface area (Å²) in [5.74, 6) is 0.845. The number of hydrogen-bond donors (Lipinski definition) is 3. The van der Waals surface area contributed by atoms with Gasteiger partial charge < -0.3 is 20.5 Å². The van der Waals surface area contributed by atoms with E-state index in [0.29, 0.717) is 24.4 Å². The van der Waals surface area contributed by atoms with Crippen LogP contribution in [0, 0.1) is 5.92 Å². The number of nitrogens with one attached hydrogen (secondary N) is 2. The second kappa shape index (κ2) is 9.69. The number of rotatable bonds is 8. The molecule has 0 radical (unpaired) electrons. The van der Waals surface area contributed by atoms with Crippen LogP contribution < -0.4 is 15.4 Å². The van der Waals surface area contributed by atoms with Crippen molar-refractivity contribution < 1.29 is 14.6 Å². The molecular weight excluding hydrogens is 316 g/mol. The van der Waals surface area contributed by atoms with E-state index in [2.05, 4.69) is 10.6 Å². The maximum atomic E-state index is 12.1. The summed E-state index contributed by atoms with van der Waals surface area (Å²) < 4.78 is 6.02. The van der Waals surface area contributed by atoms with Gasteiger partial charge in [0.2, 0.25) is 0 Å². The van der Waals surface area contributed by atoms with Crippen molar-refractivity contribution in [3.63, 3.8) is 0 Å². The fourth-order valence-corrected chi connectivity index (χ4v) is 2.41. The highest BCUT2D eigenvalue weighted by Crippen LogP contribution is 2.28. The highest BCUT2D eigenvalue weighted by molar-refractivity contribution is 5.90. The molecule has 5 nitrogen and oxygen atoms in total. The number of benzene rings is 2. The average Bonchev–Trinajstić information content (AvgIpc) is 2.62. The number of carbonyl (C=O) groups is 1. The van der Waals surface area contributed by atoms with Gasteiger partial charge >= 0.3 is 6.03 Å². The van der Waals surface area contributed by atoms with Crippen LogP contribution >= 0.6 is 0 Å². The number of anilines is 1. The molecule has 0 saturated carbocycles. The summed E-state index contributed by atoms with van der Waals surface area (Å²) in [7, 11) is 0. The summed E-state index contributed by atoms with van der Waals surface area (Å²) in [5, 5.41) is 14.5. The van der Waals surface area contributed by atoms with Crippen LogP contribution in [0.1, 0.15) is 31.9 Å². The van der Waals surface area contributed by atoms with Gasteiger partial charge in [-0.25, -0.2) is 4.79 Å². The van der Waals surface area contributed by atoms with Crippen molar-refractivity contribution >= 4 is 11.7 Å². The maximum Gasteiger partial charge on any atom is 0.319 e. The van der Waals surface area contributed by atoms with Gasteiger partial charge in [-0.05, 0) is 37.0 Å². The molecule has 0 aliphatic carbocycles. The zero-order valence-electron chi connectivity index (χ0n) is 14.7. The SMILES string of the molecule is CC(CCO)CNC(=O)Nc1ccccc1OC(C)c1ccccc1. The summed E-state index contributed by atoms with van der Waals surface area (Å²) in [5.41, 5.74) is 1.69. The molecule has 25 heavy (non-hydrogen) atoms. The van der Waals surface area contributed by atoms with Gasteiger partial charge in [-0.2, -0.15) is 0 Å². The number of ether oxygens (including phenoxy) is 1. The molecule has 0 spiro atoms. The van der Waals surface area contributed by atoms with Crippen LogP contribution in [0.5, 0.6) is 5.75 Å². The number of aliphatic hydroxyl groups excluding tert-OH is 1. The van der Waals surface area contributed by atoms with Crippen LogP contribution in [0.3, 0.4) is 0 Å². The van der Waals surface area contributed by atoms with Gasteiger partial charge in [0.15, 0.2) is 0 Å². The Bertz CT molecular complexity index is 661. The van der Waals surface area contributed by atoms with Gasteiger partial charge in [-0.3, -0.25) is 0 Å². The molecule has 2 aromatic carbocycles. The number of urea groups is 1. The first-order chi connectivity index (χ1) is 12.1. The Morgan fingerprint density at radius 3 is 2.48 bits per heavy atom. The second-order valence-corrected chi connectivity index (χ2v) is 6.12. The van der Waals surface area contributed by atoms with E-state index in [9.17, 15) is 4.79 Å². The molecule has 0 bridgehead atoms. The summed E-state index contributed by atoms with van der Waals surface area (Å²) in [4.78, 5) is 12.1. The maximum absolute atomic E-state index is 12.1. The number of para-hydroxylation sites is 2. The van der Waals surface area contributed by atoms with Crippen LogP contribution in [0.2, 0.25) is 0 Å². The van der Waals surface area contributed by atoms with Crippen molar-refractivity contribution in [2.75, 3.05) is 18.5 Å². The molecule has 134 valence electrons. The Kier molecular flexibility index (Phi) is 7.29. The van der Waals surface area contributed by atoms with Crippen molar-refractivity contribution in [3.05, 3.63) is 60.2 Å². The molecule has 3 N–H and O–H groups in total. The highest BCUT2D eigenvalue weighted by atomic mass is 16.5. The zero-order chi connectivity index (χ0) is 18.1. The standard InChI is InChI=1S/C20H26N2O3/c1-15(12-13-23)14-21-20(24)22-18-10-6-7-11-19(18)25-16(2)17-8-4-3-5-9-17/h3-11,15-16,23H,12-14H2,1-2H3,(H2,21,22,24). The average molecular weight is 342 g/mol. The number of amides is 2. The summed E-state index contributed by atoms with van der Waals surface area (Å²) >= 11 is 0. The van der Waals surface area contributed by atoms with Crippen LogP contribution in [-0.4, -0.2) is 24.3 Å². The van der Waals surface area contributed by atoms with E-state index in [4.69, 9.17) is 9.84 Å². The highest BCUT2D eigenvalue weighted by Gasteiger charge is 2.12. The summed E-state index contributed by atoms with van der Waals surface area (Å²) in [6.07, 6.45) is 0.533. The lowest BCUT2D eigenvalue weighted by Gasteiger charge is -2.18. The minimum atomic E-state index is -0.284. The van der Waals surface area contributed by atoms with E-state index in [-0.39, 0.29) is 24.7 Å². The molecule has 5 heteroatoms. The molecule has 2 rings (SSSR count). The third kappa shape index (κ3) is 6.12. The van der Waals surface area contributed by atoms with Crippen molar-refractivity contribution in [1.82, 2.24) is 5.32 Å². The fraction of sp³-hybridized carbons (Fsp3) is 0.350. The topological polar surface area (TPSA) is 70.6 Å². The normalized spacial score (nSPS) is 12.9. The van der Waals surface area contributed by atoms with E-state index in [1.807, 2.05) is 68.4 Å². The fourth-order valence-electron chi connectivity index (χ4n) is 2.41. The Balaban J connectivity index is 1.97. The van der Waals surface area contributed by atoms with E-state index in [1.54, 1.807) is 0 Å². The molecule has 0 heterocycles. The summed E-state index contributed by atoms with van der Waals surface area (Å²) in [6, 6.07) is 17.0. The van der Waals surface area contributed by atoms with E-state index >= 15 is 0 Å². The lowest BCUT2D eigenvalue weighted by molar-refractivity contribution is 0.227. The van der Waals surface area contributed by atoms with Crippen molar-refractivity contribution in [2.45, 2.75) is 26.4 Å². The number of carbonyl (C=O) groups excluding carboxylic acids is 1. The molecular formula is C20H26N2O3. The first-order valence-corrected chi connectivity index (χ1v) is 8.56. The first kappa shape index (κ1) is 18.8. The minimum absolute atomic E-state index is 0.124. The monoisotopic (exact) mass is 342 g/mol. The van der Waals surface area contributed by atoms with E-state index < -0.39 is 0 Å². The molecule has 2 unspecified atom stereocenters. The van der Waals surface area contributed by atoms with Crippen LogP contribution in [0.15, 0.2) is 54.6 Å². The number of aliphatic hydroxyl groups is 1. The van der Waals surface area contributed by atoms with Gasteiger partial charge in [-0.15, -0.1) is 0 Å².